The molecule has 124 valence electrons. The summed E-state index contributed by atoms with van der Waals surface area (Å²) < 4.78 is 25.6. The van der Waals surface area contributed by atoms with E-state index >= 15 is 0 Å². The molecule has 0 aliphatic heterocycles. The topological polar surface area (TPSA) is 92.3 Å². The highest BCUT2D eigenvalue weighted by Crippen LogP contribution is 2.48. The first-order chi connectivity index (χ1) is 10.8. The molecule has 0 aromatic heterocycles. The summed E-state index contributed by atoms with van der Waals surface area (Å²) in [4.78, 5) is 23.2. The highest BCUT2D eigenvalue weighted by atomic mass is 32.2. The van der Waals surface area contributed by atoms with Crippen LogP contribution in [0.4, 0.5) is 5.69 Å². The monoisotopic (exact) mass is 336 g/mol. The summed E-state index contributed by atoms with van der Waals surface area (Å²) in [7, 11) is -3.84. The van der Waals surface area contributed by atoms with Gasteiger partial charge in [0.2, 0.25) is 11.8 Å². The van der Waals surface area contributed by atoms with Crippen molar-refractivity contribution in [3.05, 3.63) is 24.3 Å². The van der Waals surface area contributed by atoms with E-state index in [1.165, 1.54) is 18.6 Å². The van der Waals surface area contributed by atoms with Crippen molar-refractivity contribution in [1.29, 1.82) is 0 Å². The summed E-state index contributed by atoms with van der Waals surface area (Å²) in [6.07, 6.45) is 4.50. The third kappa shape index (κ3) is 3.39. The number of sulfonamides is 1. The Hall–Kier alpha value is -1.89. The second kappa shape index (κ2) is 5.96. The zero-order valence-corrected chi connectivity index (χ0v) is 13.7. The molecule has 2 fully saturated rings. The lowest BCUT2D eigenvalue weighted by Crippen LogP contribution is -2.28. The van der Waals surface area contributed by atoms with E-state index in [2.05, 4.69) is 5.32 Å². The van der Waals surface area contributed by atoms with Gasteiger partial charge in [-0.15, -0.1) is 0 Å². The van der Waals surface area contributed by atoms with Gasteiger partial charge < -0.3 is 5.32 Å². The number of anilines is 1. The van der Waals surface area contributed by atoms with E-state index in [0.29, 0.717) is 17.5 Å². The largest absolute Gasteiger partial charge is 0.326 e. The molecule has 0 saturated heterocycles. The van der Waals surface area contributed by atoms with Gasteiger partial charge in [0.1, 0.15) is 0 Å². The first-order valence-electron chi connectivity index (χ1n) is 7.79. The zero-order valence-electron chi connectivity index (χ0n) is 12.9. The maximum Gasteiger partial charge on any atom is 0.264 e. The number of carbonyl (C=O) groups excluding carboxylic acids is 2. The van der Waals surface area contributed by atoms with E-state index in [1.54, 1.807) is 12.1 Å². The minimum absolute atomic E-state index is 0.00868. The molecule has 7 heteroatoms. The highest BCUT2D eigenvalue weighted by Gasteiger charge is 2.42. The number of benzene rings is 1. The van der Waals surface area contributed by atoms with Gasteiger partial charge in [-0.3, -0.25) is 9.59 Å². The molecule has 23 heavy (non-hydrogen) atoms. The number of hydrogen-bond acceptors (Lipinski definition) is 4. The second-order valence-corrected chi connectivity index (χ2v) is 8.14. The predicted octanol–water partition coefficient (Wildman–Crippen LogP) is 1.89. The minimum atomic E-state index is -3.84. The van der Waals surface area contributed by atoms with Crippen molar-refractivity contribution in [1.82, 2.24) is 4.72 Å². The van der Waals surface area contributed by atoms with Crippen LogP contribution in [0, 0.1) is 17.8 Å². The van der Waals surface area contributed by atoms with Gasteiger partial charge in [0.25, 0.3) is 10.0 Å². The van der Waals surface area contributed by atoms with Crippen molar-refractivity contribution in [2.75, 3.05) is 5.32 Å². The molecular formula is C16H20N2O4S. The Morgan fingerprint density at radius 3 is 2.30 bits per heavy atom. The second-order valence-electron chi connectivity index (χ2n) is 6.46. The van der Waals surface area contributed by atoms with E-state index in [9.17, 15) is 18.0 Å². The van der Waals surface area contributed by atoms with Gasteiger partial charge in [0, 0.05) is 18.5 Å². The minimum Gasteiger partial charge on any atom is -0.326 e. The number of carbonyl (C=O) groups is 2. The molecule has 2 N–H and O–H groups in total. The van der Waals surface area contributed by atoms with Gasteiger partial charge in [-0.05, 0) is 55.4 Å². The Bertz CT molecular complexity index is 727. The highest BCUT2D eigenvalue weighted by molar-refractivity contribution is 7.90. The number of hydrogen-bond donors (Lipinski definition) is 2. The summed E-state index contributed by atoms with van der Waals surface area (Å²) >= 11 is 0. The Morgan fingerprint density at radius 2 is 1.78 bits per heavy atom. The summed E-state index contributed by atoms with van der Waals surface area (Å²) in [5.41, 5.74) is 0.569. The maximum atomic E-state index is 12.3. The van der Waals surface area contributed by atoms with Crippen molar-refractivity contribution >= 4 is 27.5 Å². The van der Waals surface area contributed by atoms with Crippen LogP contribution in [0.15, 0.2) is 29.2 Å². The SMILES string of the molecule is CC(=O)NS(=O)(=O)c1ccc(NC(=O)[C@H]2C[C@@H]3CC[C@@H]2C3)cc1. The molecule has 2 saturated carbocycles. The fourth-order valence-electron chi connectivity index (χ4n) is 3.77. The van der Waals surface area contributed by atoms with Crippen LogP contribution in [0.1, 0.15) is 32.6 Å². The summed E-state index contributed by atoms with van der Waals surface area (Å²) in [5, 5.41) is 2.87. The number of fused-ring (bicyclic) bond motifs is 2. The first kappa shape index (κ1) is 16.0. The molecule has 6 nitrogen and oxygen atoms in total. The van der Waals surface area contributed by atoms with Gasteiger partial charge >= 0.3 is 0 Å². The fourth-order valence-corrected chi connectivity index (χ4v) is 4.76. The fraction of sp³-hybridized carbons (Fsp3) is 0.500. The van der Waals surface area contributed by atoms with Gasteiger partial charge in [-0.1, -0.05) is 6.42 Å². The molecule has 1 aromatic carbocycles. The summed E-state index contributed by atoms with van der Waals surface area (Å²) in [6, 6.07) is 5.84. The van der Waals surface area contributed by atoms with Crippen molar-refractivity contribution < 1.29 is 18.0 Å². The molecule has 2 aliphatic carbocycles. The Kier molecular flexibility index (Phi) is 4.14. The molecule has 2 bridgehead atoms. The van der Waals surface area contributed by atoms with Crippen molar-refractivity contribution in [2.24, 2.45) is 17.8 Å². The van der Waals surface area contributed by atoms with E-state index < -0.39 is 15.9 Å². The van der Waals surface area contributed by atoms with Crippen LogP contribution in [0.3, 0.4) is 0 Å². The van der Waals surface area contributed by atoms with Crippen LogP contribution in [0.2, 0.25) is 0 Å². The Balaban J connectivity index is 1.66. The number of nitrogens with one attached hydrogen (secondary N) is 2. The molecule has 0 unspecified atom stereocenters. The predicted molar refractivity (Wildman–Crippen MR) is 85.0 cm³/mol. The van der Waals surface area contributed by atoms with Crippen LogP contribution in [-0.4, -0.2) is 20.2 Å². The smallest absolute Gasteiger partial charge is 0.264 e. The van der Waals surface area contributed by atoms with Gasteiger partial charge in [-0.2, -0.15) is 0 Å². The van der Waals surface area contributed by atoms with Gasteiger partial charge in [0.05, 0.1) is 4.90 Å². The molecule has 2 aliphatic rings. The molecule has 3 atom stereocenters. The third-order valence-corrected chi connectivity index (χ3v) is 6.23. The average molecular weight is 336 g/mol. The lowest BCUT2D eigenvalue weighted by molar-refractivity contribution is -0.121. The zero-order chi connectivity index (χ0) is 16.6. The molecule has 3 rings (SSSR count). The molecular weight excluding hydrogens is 316 g/mol. The Labute approximate surface area is 135 Å². The number of rotatable bonds is 4. The van der Waals surface area contributed by atoms with Crippen LogP contribution in [0.25, 0.3) is 0 Å². The Morgan fingerprint density at radius 1 is 1.09 bits per heavy atom. The van der Waals surface area contributed by atoms with Crippen LogP contribution >= 0.6 is 0 Å². The van der Waals surface area contributed by atoms with Crippen molar-refractivity contribution in [3.8, 4) is 0 Å². The standard InChI is InChI=1S/C16H20N2O4S/c1-10(19)18-23(21,22)14-6-4-13(5-7-14)17-16(20)15-9-11-2-3-12(15)8-11/h4-7,11-12,15H,2-3,8-9H2,1H3,(H,17,20)(H,18,19)/t11-,12-,15+/m1/s1. The van der Waals surface area contributed by atoms with Crippen LogP contribution in [-0.2, 0) is 19.6 Å². The average Bonchev–Trinajstić information content (AvgIpc) is 3.09. The lowest BCUT2D eigenvalue weighted by Gasteiger charge is -2.20. The van der Waals surface area contributed by atoms with E-state index in [0.717, 1.165) is 26.2 Å². The van der Waals surface area contributed by atoms with Gasteiger partial charge in [-0.25, -0.2) is 13.1 Å². The molecule has 0 heterocycles. The van der Waals surface area contributed by atoms with E-state index in [4.69, 9.17) is 0 Å². The third-order valence-electron chi connectivity index (χ3n) is 4.79. The molecule has 1 aromatic rings. The van der Waals surface area contributed by atoms with Gasteiger partial charge in [0.15, 0.2) is 0 Å². The summed E-state index contributed by atoms with van der Waals surface area (Å²) in [6.45, 7) is 1.14. The first-order valence-corrected chi connectivity index (χ1v) is 9.28. The maximum absolute atomic E-state index is 12.3. The van der Waals surface area contributed by atoms with E-state index in [-0.39, 0.29) is 16.7 Å². The quantitative estimate of drug-likeness (QED) is 0.878. The number of amides is 2. The molecule has 0 radical (unpaired) electrons. The van der Waals surface area contributed by atoms with Crippen LogP contribution < -0.4 is 10.0 Å². The summed E-state index contributed by atoms with van der Waals surface area (Å²) in [5.74, 6) is 0.658. The van der Waals surface area contributed by atoms with Crippen molar-refractivity contribution in [2.45, 2.75) is 37.5 Å². The van der Waals surface area contributed by atoms with Crippen LogP contribution in [0.5, 0.6) is 0 Å². The lowest BCUT2D eigenvalue weighted by atomic mass is 9.88. The molecule has 2 amide bonds. The molecule has 0 spiro atoms. The normalized spacial score (nSPS) is 26.0. The van der Waals surface area contributed by atoms with E-state index in [1.807, 2.05) is 4.72 Å². The van der Waals surface area contributed by atoms with Crippen molar-refractivity contribution in [3.63, 3.8) is 0 Å².